The Morgan fingerprint density at radius 2 is 0.700 bits per heavy atom. The normalized spacial score (nSPS) is 11.1. The van der Waals surface area contributed by atoms with E-state index in [2.05, 4.69) is 146 Å². The molecule has 0 saturated carbocycles. The van der Waals surface area contributed by atoms with Crippen LogP contribution in [0.4, 0.5) is 0 Å². The predicted molar refractivity (Wildman–Crippen MR) is 165 cm³/mol. The first kappa shape index (κ1) is 28.9. The number of aromatic nitrogens is 2. The fourth-order valence-corrected chi connectivity index (χ4v) is 6.23. The molecule has 8 aromatic rings. The van der Waals surface area contributed by atoms with Gasteiger partial charge in [-0.05, 0) is 33.7 Å². The second kappa shape index (κ2) is 11.3. The molecule has 2 heterocycles. The summed E-state index contributed by atoms with van der Waals surface area (Å²) in [5.74, 6) is 0. The topological polar surface area (TPSA) is 9.86 Å². The van der Waals surface area contributed by atoms with Crippen LogP contribution >= 0.6 is 0 Å². The summed E-state index contributed by atoms with van der Waals surface area (Å²) in [5.41, 5.74) is 7.33. The van der Waals surface area contributed by atoms with Crippen LogP contribution in [0.3, 0.4) is 0 Å². The summed E-state index contributed by atoms with van der Waals surface area (Å²) in [4.78, 5) is 0. The summed E-state index contributed by atoms with van der Waals surface area (Å²) < 4.78 is 4.57. The molecule has 0 bridgehead atoms. The molecule has 0 spiro atoms. The monoisotopic (exact) mass is 666 g/mol. The average Bonchev–Trinajstić information content (AvgIpc) is 3.41. The molecule has 190 valence electrons. The van der Waals surface area contributed by atoms with Gasteiger partial charge < -0.3 is 9.13 Å². The SMILES string of the molecule is [CH2-]c1cc2c3ccccc3n(C)c2c2ccccc12.[CH2-]c1cc2c3ccccc3n(C)c2c2ccccc12.[Y].[Y]. The molecule has 0 saturated heterocycles. The van der Waals surface area contributed by atoms with E-state index in [1.54, 1.807) is 0 Å². The van der Waals surface area contributed by atoms with Crippen molar-refractivity contribution in [3.05, 3.63) is 134 Å². The number of benzene rings is 6. The van der Waals surface area contributed by atoms with E-state index in [4.69, 9.17) is 0 Å². The maximum absolute atomic E-state index is 4.21. The Kier molecular flexibility index (Phi) is 8.19. The minimum absolute atomic E-state index is 0. The van der Waals surface area contributed by atoms with Crippen molar-refractivity contribution >= 4 is 65.2 Å². The van der Waals surface area contributed by atoms with Gasteiger partial charge in [0.15, 0.2) is 0 Å². The van der Waals surface area contributed by atoms with E-state index in [0.29, 0.717) is 0 Å². The van der Waals surface area contributed by atoms with Gasteiger partial charge in [-0.15, -0.1) is 22.9 Å². The molecule has 2 nitrogen and oxygen atoms in total. The maximum atomic E-state index is 4.21. The van der Waals surface area contributed by atoms with Crippen molar-refractivity contribution in [2.75, 3.05) is 0 Å². The van der Waals surface area contributed by atoms with Crippen LogP contribution in [0.15, 0.2) is 109 Å². The molecule has 0 aliphatic rings. The molecule has 40 heavy (non-hydrogen) atoms. The number of hydrogen-bond acceptors (Lipinski definition) is 0. The first-order valence-electron chi connectivity index (χ1n) is 13.0. The molecule has 6 aromatic carbocycles. The first-order chi connectivity index (χ1) is 18.5. The van der Waals surface area contributed by atoms with Crippen molar-refractivity contribution < 1.29 is 65.4 Å². The van der Waals surface area contributed by atoms with Crippen LogP contribution in [-0.2, 0) is 79.5 Å². The van der Waals surface area contributed by atoms with E-state index in [-0.39, 0.29) is 65.4 Å². The predicted octanol–water partition coefficient (Wildman–Crippen LogP) is 9.33. The van der Waals surface area contributed by atoms with Crippen molar-refractivity contribution in [1.82, 2.24) is 9.13 Å². The second-order valence-electron chi connectivity index (χ2n) is 10.1. The third-order valence-electron chi connectivity index (χ3n) is 7.99. The molecule has 0 aliphatic carbocycles. The third kappa shape index (κ3) is 4.41. The Labute approximate surface area is 285 Å². The van der Waals surface area contributed by atoms with Gasteiger partial charge >= 0.3 is 0 Å². The Hall–Kier alpha value is -2.61. The van der Waals surface area contributed by atoms with Gasteiger partial charge in [-0.25, -0.2) is 0 Å². The van der Waals surface area contributed by atoms with Gasteiger partial charge in [-0.2, -0.15) is 37.1 Å². The molecule has 0 atom stereocenters. The van der Waals surface area contributed by atoms with E-state index in [1.807, 2.05) is 0 Å². The summed E-state index contributed by atoms with van der Waals surface area (Å²) in [7, 11) is 4.28. The van der Waals surface area contributed by atoms with Gasteiger partial charge in [-0.3, -0.25) is 0 Å². The molecule has 2 radical (unpaired) electrons. The molecule has 0 aliphatic heterocycles. The zero-order chi connectivity index (χ0) is 26.0. The number of aryl methyl sites for hydroxylation is 2. The van der Waals surface area contributed by atoms with Gasteiger partial charge in [-0.1, -0.05) is 83.6 Å². The number of fused-ring (bicyclic) bond motifs is 10. The smallest absolute Gasteiger partial charge is 0.0477 e. The van der Waals surface area contributed by atoms with Gasteiger partial charge in [0.2, 0.25) is 0 Å². The maximum Gasteiger partial charge on any atom is 0.0477 e. The summed E-state index contributed by atoms with van der Waals surface area (Å²) >= 11 is 0. The Bertz CT molecular complexity index is 2030. The molecule has 2 aromatic heterocycles. The summed E-state index contributed by atoms with van der Waals surface area (Å²) in [5, 5.41) is 10.2. The Morgan fingerprint density at radius 1 is 0.400 bits per heavy atom. The van der Waals surface area contributed by atoms with Crippen LogP contribution in [0.25, 0.3) is 65.2 Å². The molecule has 8 rings (SSSR count). The number of para-hydroxylation sites is 2. The summed E-state index contributed by atoms with van der Waals surface area (Å²) in [6.07, 6.45) is 0. The number of rotatable bonds is 0. The van der Waals surface area contributed by atoms with Crippen molar-refractivity contribution in [3.63, 3.8) is 0 Å². The Balaban J connectivity index is 0.000000154. The van der Waals surface area contributed by atoms with Gasteiger partial charge in [0.25, 0.3) is 0 Å². The third-order valence-corrected chi connectivity index (χ3v) is 7.99. The van der Waals surface area contributed by atoms with Crippen molar-refractivity contribution in [1.29, 1.82) is 0 Å². The largest absolute Gasteiger partial charge is 0.345 e. The standard InChI is InChI=1S/2C18H14N.2Y/c2*1-12-11-16-14-8-5-6-10-17(14)19(2)18(16)15-9-4-3-7-13(12)15;;/h2*3-11H,1H2,2H3;;/q2*-1;;. The van der Waals surface area contributed by atoms with Crippen LogP contribution in [0.2, 0.25) is 0 Å². The second-order valence-corrected chi connectivity index (χ2v) is 10.1. The van der Waals surface area contributed by atoms with Gasteiger partial charge in [0.1, 0.15) is 0 Å². The average molecular weight is 666 g/mol. The molecule has 0 fully saturated rings. The van der Waals surface area contributed by atoms with Crippen molar-refractivity contribution in [2.24, 2.45) is 14.1 Å². The number of hydrogen-bond donors (Lipinski definition) is 0. The van der Waals surface area contributed by atoms with Gasteiger partial charge in [0, 0.05) is 102 Å². The fourth-order valence-electron chi connectivity index (χ4n) is 6.23. The fraction of sp³-hybridized carbons (Fsp3) is 0.0556. The molecule has 0 amide bonds. The van der Waals surface area contributed by atoms with Crippen LogP contribution in [0.5, 0.6) is 0 Å². The van der Waals surface area contributed by atoms with Gasteiger partial charge in [0.05, 0.1) is 0 Å². The summed E-state index contributed by atoms with van der Waals surface area (Å²) in [6, 6.07) is 38.5. The molecule has 4 heteroatoms. The van der Waals surface area contributed by atoms with Crippen LogP contribution in [0, 0.1) is 13.8 Å². The van der Waals surface area contributed by atoms with E-state index < -0.39 is 0 Å². The Morgan fingerprint density at radius 3 is 1.07 bits per heavy atom. The number of nitrogens with zero attached hydrogens (tertiary/aromatic N) is 2. The minimum Gasteiger partial charge on any atom is -0.345 e. The van der Waals surface area contributed by atoms with E-state index in [1.165, 1.54) is 65.2 Å². The van der Waals surface area contributed by atoms with E-state index in [9.17, 15) is 0 Å². The minimum atomic E-state index is 0. The van der Waals surface area contributed by atoms with Crippen molar-refractivity contribution in [2.45, 2.75) is 0 Å². The quantitative estimate of drug-likeness (QED) is 0.143. The molecular weight excluding hydrogens is 638 g/mol. The zero-order valence-electron chi connectivity index (χ0n) is 22.9. The van der Waals surface area contributed by atoms with Crippen molar-refractivity contribution in [3.8, 4) is 0 Å². The first-order valence-corrected chi connectivity index (χ1v) is 13.0. The summed E-state index contributed by atoms with van der Waals surface area (Å²) in [6.45, 7) is 8.41. The van der Waals surface area contributed by atoms with Crippen LogP contribution in [0.1, 0.15) is 11.1 Å². The van der Waals surface area contributed by atoms with E-state index >= 15 is 0 Å². The molecule has 0 N–H and O–H groups in total. The van der Waals surface area contributed by atoms with Crippen LogP contribution < -0.4 is 0 Å². The molecular formula is C36H28N2Y2-2. The van der Waals surface area contributed by atoms with E-state index in [0.717, 1.165) is 11.1 Å². The molecule has 0 unspecified atom stereocenters. The van der Waals surface area contributed by atoms with Crippen LogP contribution in [-0.4, -0.2) is 9.13 Å². The zero-order valence-corrected chi connectivity index (χ0v) is 28.5.